The molecule has 1 aliphatic carbocycles. The van der Waals surface area contributed by atoms with Crippen molar-refractivity contribution in [2.45, 2.75) is 12.8 Å². The smallest absolute Gasteiger partial charge is 0.259 e. The lowest BCUT2D eigenvalue weighted by atomic mass is 10.00. The molecule has 0 aromatic carbocycles. The third-order valence-electron chi connectivity index (χ3n) is 5.86. The Bertz CT molecular complexity index is 1910. The molecule has 0 atom stereocenters. The van der Waals surface area contributed by atoms with Crippen molar-refractivity contribution in [1.29, 1.82) is 0 Å². The van der Waals surface area contributed by atoms with Gasteiger partial charge in [-0.3, -0.25) is 14.8 Å². The molecular formula is C28H19ClN8O2S. The van der Waals surface area contributed by atoms with Crippen molar-refractivity contribution in [1.82, 2.24) is 34.7 Å². The van der Waals surface area contributed by atoms with Crippen molar-refractivity contribution in [3.63, 3.8) is 0 Å². The number of rotatable bonds is 4. The fourth-order valence-electron chi connectivity index (χ4n) is 3.74. The average molecular weight is 567 g/mol. The van der Waals surface area contributed by atoms with Gasteiger partial charge in [0.25, 0.3) is 5.91 Å². The molecule has 0 saturated heterocycles. The van der Waals surface area contributed by atoms with E-state index in [2.05, 4.69) is 59.0 Å². The van der Waals surface area contributed by atoms with E-state index in [1.807, 2.05) is 7.05 Å². The summed E-state index contributed by atoms with van der Waals surface area (Å²) in [4.78, 5) is 35.9. The predicted molar refractivity (Wildman–Crippen MR) is 151 cm³/mol. The Morgan fingerprint density at radius 2 is 1.93 bits per heavy atom. The minimum absolute atomic E-state index is 0.242. The largest absolute Gasteiger partial charge is 0.494 e. The third-order valence-corrected chi connectivity index (χ3v) is 6.92. The molecule has 1 fully saturated rings. The molecule has 0 bridgehead atoms. The van der Waals surface area contributed by atoms with E-state index in [-0.39, 0.29) is 10.7 Å². The van der Waals surface area contributed by atoms with Gasteiger partial charge in [-0.05, 0) is 36.8 Å². The number of fused-ring (bicyclic) bond motifs is 1. The Kier molecular flexibility index (Phi) is 6.83. The van der Waals surface area contributed by atoms with Gasteiger partial charge in [-0.15, -0.1) is 0 Å². The first-order chi connectivity index (χ1) is 19.4. The molecule has 12 heteroatoms. The minimum Gasteiger partial charge on any atom is -0.494 e. The number of halogens is 1. The van der Waals surface area contributed by atoms with Gasteiger partial charge in [0.05, 0.1) is 36.8 Å². The molecule has 196 valence electrons. The van der Waals surface area contributed by atoms with Gasteiger partial charge in [-0.25, -0.2) is 19.9 Å². The number of pyridine rings is 2. The lowest BCUT2D eigenvalue weighted by Gasteiger charge is -2.13. The minimum atomic E-state index is -0.433. The summed E-state index contributed by atoms with van der Waals surface area (Å²) in [5.41, 5.74) is 3.53. The van der Waals surface area contributed by atoms with Crippen molar-refractivity contribution < 1.29 is 9.53 Å². The van der Waals surface area contributed by atoms with Gasteiger partial charge < -0.3 is 4.74 Å². The van der Waals surface area contributed by atoms with Gasteiger partial charge in [-0.2, -0.15) is 10.1 Å². The summed E-state index contributed by atoms with van der Waals surface area (Å²) in [6.07, 6.45) is 10.3. The highest BCUT2D eigenvalue weighted by molar-refractivity contribution is 7.21. The molecule has 5 aromatic rings. The quantitative estimate of drug-likeness (QED) is 0.252. The maximum Gasteiger partial charge on any atom is 0.259 e. The SMILES string of the molecule is COc1cnc(Cl)cc1-c1cc(C#Cc2cnn(C)c2)ncc1C(=O)Nc1nc2ncc(C#CC3CC3)nc2s1. The van der Waals surface area contributed by atoms with Crippen LogP contribution in [0.1, 0.15) is 40.2 Å². The number of hydrogen-bond donors (Lipinski definition) is 1. The number of nitrogens with one attached hydrogen (secondary N) is 1. The van der Waals surface area contributed by atoms with Gasteiger partial charge >= 0.3 is 0 Å². The maximum absolute atomic E-state index is 13.5. The molecule has 0 aliphatic heterocycles. The number of anilines is 1. The number of aryl methyl sites for hydroxylation is 1. The normalized spacial score (nSPS) is 12.3. The number of amides is 1. The molecule has 0 spiro atoms. The lowest BCUT2D eigenvalue weighted by molar-refractivity contribution is 0.102. The fraction of sp³-hybridized carbons (Fsp3) is 0.179. The van der Waals surface area contributed by atoms with E-state index in [1.54, 1.807) is 35.4 Å². The molecule has 1 saturated carbocycles. The van der Waals surface area contributed by atoms with E-state index in [1.165, 1.54) is 30.8 Å². The molecule has 0 radical (unpaired) electrons. The maximum atomic E-state index is 13.5. The Hall–Kier alpha value is -4.84. The number of carbonyl (C=O) groups is 1. The number of aromatic nitrogens is 7. The average Bonchev–Trinajstić information content (AvgIpc) is 3.56. The summed E-state index contributed by atoms with van der Waals surface area (Å²) in [6.45, 7) is 0. The van der Waals surface area contributed by atoms with E-state index in [0.29, 0.717) is 49.8 Å². The van der Waals surface area contributed by atoms with Gasteiger partial charge in [0.15, 0.2) is 15.6 Å². The summed E-state index contributed by atoms with van der Waals surface area (Å²) in [6, 6.07) is 3.33. The second kappa shape index (κ2) is 10.7. The van der Waals surface area contributed by atoms with Crippen molar-refractivity contribution >= 4 is 44.5 Å². The molecule has 1 N–H and O–H groups in total. The second-order valence-corrected chi connectivity index (χ2v) is 10.2. The zero-order valence-electron chi connectivity index (χ0n) is 21.3. The number of hydrogen-bond acceptors (Lipinski definition) is 9. The first-order valence-electron chi connectivity index (χ1n) is 12.1. The van der Waals surface area contributed by atoms with Crippen LogP contribution in [-0.2, 0) is 7.05 Å². The topological polar surface area (TPSA) is 121 Å². The summed E-state index contributed by atoms with van der Waals surface area (Å²) in [5.74, 6) is 12.7. The molecular weight excluding hydrogens is 548 g/mol. The molecule has 6 rings (SSSR count). The van der Waals surface area contributed by atoms with Crippen LogP contribution in [0.25, 0.3) is 21.6 Å². The molecule has 5 aromatic heterocycles. The van der Waals surface area contributed by atoms with Gasteiger partial charge in [-0.1, -0.05) is 34.8 Å². The number of carbonyl (C=O) groups excluding carboxylic acids is 1. The van der Waals surface area contributed by atoms with Crippen LogP contribution >= 0.6 is 22.9 Å². The molecule has 40 heavy (non-hydrogen) atoms. The summed E-state index contributed by atoms with van der Waals surface area (Å²) in [5, 5.41) is 7.56. The predicted octanol–water partition coefficient (Wildman–Crippen LogP) is 4.35. The Morgan fingerprint density at radius 3 is 2.70 bits per heavy atom. The van der Waals surface area contributed by atoms with Crippen LogP contribution in [0.3, 0.4) is 0 Å². The van der Waals surface area contributed by atoms with Crippen LogP contribution in [0.2, 0.25) is 5.15 Å². The Morgan fingerprint density at radius 1 is 1.05 bits per heavy atom. The van der Waals surface area contributed by atoms with Crippen molar-refractivity contribution in [2.24, 2.45) is 13.0 Å². The lowest BCUT2D eigenvalue weighted by Crippen LogP contribution is -2.14. The highest BCUT2D eigenvalue weighted by Gasteiger charge is 2.20. The molecule has 5 heterocycles. The summed E-state index contributed by atoms with van der Waals surface area (Å²) in [7, 11) is 3.33. The van der Waals surface area contributed by atoms with Gasteiger partial charge in [0.1, 0.15) is 22.3 Å². The van der Waals surface area contributed by atoms with E-state index < -0.39 is 5.91 Å². The highest BCUT2D eigenvalue weighted by atomic mass is 35.5. The highest BCUT2D eigenvalue weighted by Crippen LogP contribution is 2.34. The molecule has 10 nitrogen and oxygen atoms in total. The first kappa shape index (κ1) is 25.4. The fourth-order valence-corrected chi connectivity index (χ4v) is 4.69. The van der Waals surface area contributed by atoms with Crippen LogP contribution in [-0.4, -0.2) is 47.7 Å². The van der Waals surface area contributed by atoms with Crippen LogP contribution in [0.15, 0.2) is 43.1 Å². The molecule has 1 amide bonds. The van der Waals surface area contributed by atoms with E-state index in [0.717, 1.165) is 18.4 Å². The zero-order chi connectivity index (χ0) is 27.6. The van der Waals surface area contributed by atoms with Crippen LogP contribution in [0.4, 0.5) is 5.13 Å². The number of ether oxygens (including phenoxy) is 1. The Labute approximate surface area is 237 Å². The van der Waals surface area contributed by atoms with E-state index >= 15 is 0 Å². The van der Waals surface area contributed by atoms with Crippen molar-refractivity contribution in [3.8, 4) is 40.6 Å². The monoisotopic (exact) mass is 566 g/mol. The van der Waals surface area contributed by atoms with Crippen LogP contribution in [0.5, 0.6) is 5.75 Å². The molecule has 1 aliphatic rings. The number of thiazole rings is 1. The van der Waals surface area contributed by atoms with Crippen molar-refractivity contribution in [3.05, 3.63) is 70.8 Å². The van der Waals surface area contributed by atoms with Crippen molar-refractivity contribution in [2.75, 3.05) is 12.4 Å². The summed E-state index contributed by atoms with van der Waals surface area (Å²) < 4.78 is 7.17. The van der Waals surface area contributed by atoms with Crippen LogP contribution < -0.4 is 10.1 Å². The standard InChI is InChI=1S/C28H19ClN8O2S/c1-37-15-17(11-33-37)6-7-18-9-20(21-10-24(29)31-14-23(21)39-2)22(13-30-18)26(38)36-28-35-25-27(40-28)34-19(12-32-25)8-5-16-3-4-16/h9-16H,3-4H2,1-2H3,(H,32,35,36,38). The number of nitrogens with zero attached hydrogens (tertiary/aromatic N) is 7. The third kappa shape index (κ3) is 5.61. The van der Waals surface area contributed by atoms with E-state index in [4.69, 9.17) is 16.3 Å². The first-order valence-corrected chi connectivity index (χ1v) is 13.3. The second-order valence-electron chi connectivity index (χ2n) is 8.88. The summed E-state index contributed by atoms with van der Waals surface area (Å²) >= 11 is 7.43. The van der Waals surface area contributed by atoms with Gasteiger partial charge in [0, 0.05) is 36.5 Å². The number of methoxy groups -OCH3 is 1. The van der Waals surface area contributed by atoms with E-state index in [9.17, 15) is 4.79 Å². The molecule has 0 unspecified atom stereocenters. The van der Waals surface area contributed by atoms with Gasteiger partial charge in [0.2, 0.25) is 0 Å². The van der Waals surface area contributed by atoms with Crippen LogP contribution in [0, 0.1) is 29.6 Å². The zero-order valence-corrected chi connectivity index (χ0v) is 22.8. The Balaban J connectivity index is 1.35.